The minimum atomic E-state index is -0.153. The maximum Gasteiger partial charge on any atom is 0.256 e. The molecule has 2 amide bonds. The summed E-state index contributed by atoms with van der Waals surface area (Å²) in [4.78, 5) is 31.8. The predicted octanol–water partition coefficient (Wildman–Crippen LogP) is 6.53. The van der Waals surface area contributed by atoms with Gasteiger partial charge in [0.1, 0.15) is 0 Å². The van der Waals surface area contributed by atoms with E-state index < -0.39 is 0 Å². The highest BCUT2D eigenvalue weighted by Gasteiger charge is 2.28. The first-order valence-corrected chi connectivity index (χ1v) is 13.9. The molecule has 0 radical (unpaired) electrons. The Morgan fingerprint density at radius 3 is 2.20 bits per heavy atom. The third kappa shape index (κ3) is 5.36. The highest BCUT2D eigenvalue weighted by molar-refractivity contribution is 6.36. The van der Waals surface area contributed by atoms with Crippen LogP contribution in [0.5, 0.6) is 0 Å². The number of carbonyl (C=O) groups excluding carboxylic acids is 2. The second-order valence-electron chi connectivity index (χ2n) is 10.1. The maximum atomic E-state index is 13.2. The average Bonchev–Trinajstić information content (AvgIpc) is 3.45. The van der Waals surface area contributed by atoms with Crippen molar-refractivity contribution in [2.75, 3.05) is 31.5 Å². The van der Waals surface area contributed by atoms with Crippen LogP contribution in [0.4, 0.5) is 5.69 Å². The lowest BCUT2D eigenvalue weighted by molar-refractivity contribution is -0.110. The molecule has 0 saturated heterocycles. The first-order chi connectivity index (χ1) is 19.4. The van der Waals surface area contributed by atoms with Crippen LogP contribution in [-0.4, -0.2) is 47.9 Å². The molecule has 3 N–H and O–H groups in total. The number of aromatic amines is 1. The summed E-state index contributed by atoms with van der Waals surface area (Å²) in [5.41, 5.74) is 9.58. The molecule has 1 aromatic heterocycles. The second-order valence-corrected chi connectivity index (χ2v) is 10.1. The zero-order valence-corrected chi connectivity index (χ0v) is 23.6. The summed E-state index contributed by atoms with van der Waals surface area (Å²) in [5, 5.41) is 6.14. The SMILES string of the molecule is CCN(CC)CCNC(=O)c1c(C)[nH]c(/C=C2\C(=O)Nc3c2cccc3-c2ccc(-c3ccccc3)cc2)c1C. The lowest BCUT2D eigenvalue weighted by Crippen LogP contribution is -2.35. The van der Waals surface area contributed by atoms with E-state index >= 15 is 0 Å². The quantitative estimate of drug-likeness (QED) is 0.215. The Hall–Kier alpha value is -4.42. The van der Waals surface area contributed by atoms with Crippen LogP contribution in [0.15, 0.2) is 72.8 Å². The molecule has 0 spiro atoms. The Balaban J connectivity index is 1.41. The van der Waals surface area contributed by atoms with Crippen LogP contribution in [0.1, 0.15) is 46.7 Å². The van der Waals surface area contributed by atoms with E-state index in [0.717, 1.165) is 64.5 Å². The van der Waals surface area contributed by atoms with E-state index in [2.05, 4.69) is 70.8 Å². The number of aryl methyl sites for hydroxylation is 1. The van der Waals surface area contributed by atoms with Crippen LogP contribution < -0.4 is 10.6 Å². The lowest BCUT2D eigenvalue weighted by atomic mass is 9.96. The molecule has 0 fully saturated rings. The van der Waals surface area contributed by atoms with Gasteiger partial charge in [-0.15, -0.1) is 0 Å². The van der Waals surface area contributed by atoms with Gasteiger partial charge in [-0.25, -0.2) is 0 Å². The van der Waals surface area contributed by atoms with E-state index in [1.54, 1.807) is 0 Å². The van der Waals surface area contributed by atoms with Crippen LogP contribution in [0, 0.1) is 13.8 Å². The molecular formula is C34H36N4O2. The number of para-hydroxylation sites is 1. The van der Waals surface area contributed by atoms with E-state index in [0.29, 0.717) is 17.7 Å². The monoisotopic (exact) mass is 532 g/mol. The minimum Gasteiger partial charge on any atom is -0.358 e. The third-order valence-corrected chi connectivity index (χ3v) is 7.74. The fourth-order valence-electron chi connectivity index (χ4n) is 5.43. The van der Waals surface area contributed by atoms with Gasteiger partial charge >= 0.3 is 0 Å². The number of hydrogen-bond acceptors (Lipinski definition) is 3. The molecule has 1 aliphatic rings. The molecule has 204 valence electrons. The summed E-state index contributed by atoms with van der Waals surface area (Å²) in [5.74, 6) is -0.249. The van der Waals surface area contributed by atoms with E-state index in [-0.39, 0.29) is 11.8 Å². The molecule has 2 heterocycles. The highest BCUT2D eigenvalue weighted by atomic mass is 16.2. The van der Waals surface area contributed by atoms with Crippen molar-refractivity contribution in [3.63, 3.8) is 0 Å². The summed E-state index contributed by atoms with van der Waals surface area (Å²) < 4.78 is 0. The van der Waals surface area contributed by atoms with Gasteiger partial charge in [0.25, 0.3) is 11.8 Å². The molecule has 0 bridgehead atoms. The summed E-state index contributed by atoms with van der Waals surface area (Å²) in [6.07, 6.45) is 1.86. The number of amides is 2. The molecule has 4 aromatic rings. The van der Waals surface area contributed by atoms with Gasteiger partial charge in [-0.1, -0.05) is 86.6 Å². The molecule has 1 aliphatic heterocycles. The van der Waals surface area contributed by atoms with Crippen molar-refractivity contribution >= 4 is 29.2 Å². The average molecular weight is 533 g/mol. The molecule has 40 heavy (non-hydrogen) atoms. The number of hydrogen-bond donors (Lipinski definition) is 3. The fraction of sp³-hybridized carbons (Fsp3) is 0.235. The smallest absolute Gasteiger partial charge is 0.256 e. The number of aromatic nitrogens is 1. The summed E-state index contributed by atoms with van der Waals surface area (Å²) in [6, 6.07) is 24.7. The molecular weight excluding hydrogens is 496 g/mol. The largest absolute Gasteiger partial charge is 0.358 e. The van der Waals surface area contributed by atoms with Crippen LogP contribution >= 0.6 is 0 Å². The molecule has 0 aliphatic carbocycles. The van der Waals surface area contributed by atoms with Gasteiger partial charge in [0, 0.05) is 35.6 Å². The fourth-order valence-corrected chi connectivity index (χ4v) is 5.43. The minimum absolute atomic E-state index is 0.0967. The Morgan fingerprint density at radius 1 is 0.850 bits per heavy atom. The van der Waals surface area contributed by atoms with Crippen molar-refractivity contribution in [1.82, 2.24) is 15.2 Å². The zero-order chi connectivity index (χ0) is 28.2. The number of likely N-dealkylation sites (N-methyl/N-ethyl adjacent to an activating group) is 1. The molecule has 5 rings (SSSR count). The predicted molar refractivity (Wildman–Crippen MR) is 164 cm³/mol. The van der Waals surface area contributed by atoms with Crippen molar-refractivity contribution in [3.8, 4) is 22.3 Å². The van der Waals surface area contributed by atoms with Crippen molar-refractivity contribution in [1.29, 1.82) is 0 Å². The first kappa shape index (κ1) is 27.2. The third-order valence-electron chi connectivity index (χ3n) is 7.74. The van der Waals surface area contributed by atoms with Crippen LogP contribution in [0.2, 0.25) is 0 Å². The molecule has 0 saturated carbocycles. The van der Waals surface area contributed by atoms with Crippen molar-refractivity contribution in [3.05, 3.63) is 101 Å². The standard InChI is InChI=1S/C34H36N4O2/c1-5-38(6-2)20-19-35-34(40)31-22(3)30(36-23(31)4)21-29-28-14-10-13-27(32(28)37-33(29)39)26-17-15-25(16-18-26)24-11-8-7-9-12-24/h7-18,21,36H,5-6,19-20H2,1-4H3,(H,35,40)(H,37,39)/b29-21-. The van der Waals surface area contributed by atoms with E-state index in [1.807, 2.05) is 56.3 Å². The van der Waals surface area contributed by atoms with Crippen LogP contribution in [-0.2, 0) is 4.79 Å². The second kappa shape index (κ2) is 11.8. The molecule has 3 aromatic carbocycles. The van der Waals surface area contributed by atoms with E-state index in [4.69, 9.17) is 0 Å². The number of H-pyrrole nitrogens is 1. The Kier molecular flexibility index (Phi) is 7.99. The summed E-state index contributed by atoms with van der Waals surface area (Å²) >= 11 is 0. The van der Waals surface area contributed by atoms with Gasteiger partial charge in [-0.3, -0.25) is 9.59 Å². The van der Waals surface area contributed by atoms with Crippen molar-refractivity contribution in [2.24, 2.45) is 0 Å². The van der Waals surface area contributed by atoms with Crippen molar-refractivity contribution in [2.45, 2.75) is 27.7 Å². The van der Waals surface area contributed by atoms with E-state index in [9.17, 15) is 9.59 Å². The maximum absolute atomic E-state index is 13.2. The number of nitrogens with zero attached hydrogens (tertiary/aromatic N) is 1. The number of rotatable bonds is 9. The van der Waals surface area contributed by atoms with Gasteiger partial charge in [-0.05, 0) is 55.3 Å². The van der Waals surface area contributed by atoms with Gasteiger partial charge < -0.3 is 20.5 Å². The van der Waals surface area contributed by atoms with Crippen LogP contribution in [0.25, 0.3) is 33.9 Å². The molecule has 0 unspecified atom stereocenters. The zero-order valence-electron chi connectivity index (χ0n) is 23.6. The first-order valence-electron chi connectivity index (χ1n) is 13.9. The van der Waals surface area contributed by atoms with Gasteiger partial charge in [0.05, 0.1) is 16.8 Å². The van der Waals surface area contributed by atoms with Gasteiger partial charge in [0.2, 0.25) is 0 Å². The summed E-state index contributed by atoms with van der Waals surface area (Å²) in [6.45, 7) is 11.4. The molecule has 0 atom stereocenters. The lowest BCUT2D eigenvalue weighted by Gasteiger charge is -2.18. The Bertz CT molecular complexity index is 1560. The molecule has 6 nitrogen and oxygen atoms in total. The van der Waals surface area contributed by atoms with Gasteiger partial charge in [0.15, 0.2) is 0 Å². The number of fused-ring (bicyclic) bond motifs is 1. The number of carbonyl (C=O) groups is 2. The Morgan fingerprint density at radius 2 is 1.50 bits per heavy atom. The van der Waals surface area contributed by atoms with Crippen molar-refractivity contribution < 1.29 is 9.59 Å². The Labute approximate surface area is 236 Å². The highest BCUT2D eigenvalue weighted by Crippen LogP contribution is 2.41. The van der Waals surface area contributed by atoms with E-state index in [1.165, 1.54) is 5.56 Å². The van der Waals surface area contributed by atoms with Crippen LogP contribution in [0.3, 0.4) is 0 Å². The number of nitrogens with one attached hydrogen (secondary N) is 3. The number of anilines is 1. The molecule has 6 heteroatoms. The number of benzene rings is 3. The normalized spacial score (nSPS) is 13.5. The summed E-state index contributed by atoms with van der Waals surface area (Å²) in [7, 11) is 0. The van der Waals surface area contributed by atoms with Gasteiger partial charge in [-0.2, -0.15) is 0 Å². The topological polar surface area (TPSA) is 77.2 Å².